The van der Waals surface area contributed by atoms with Gasteiger partial charge in [-0.1, -0.05) is 42.8 Å². The van der Waals surface area contributed by atoms with Crippen molar-refractivity contribution in [3.05, 3.63) is 56.7 Å². The number of rotatable bonds is 5. The van der Waals surface area contributed by atoms with Crippen molar-refractivity contribution >= 4 is 22.9 Å². The minimum atomic E-state index is 0.130. The number of hydrogen-bond donors (Lipinski definition) is 2. The second kappa shape index (κ2) is 6.34. The van der Waals surface area contributed by atoms with Crippen molar-refractivity contribution in [3.63, 3.8) is 0 Å². The third-order valence-corrected chi connectivity index (χ3v) is 4.28. The average molecular weight is 281 g/mol. The molecular formula is C14H17ClN2S. The average Bonchev–Trinajstić information content (AvgIpc) is 2.82. The smallest absolute Gasteiger partial charge is 0.0931 e. The van der Waals surface area contributed by atoms with Crippen LogP contribution >= 0.6 is 22.9 Å². The van der Waals surface area contributed by atoms with E-state index in [0.717, 1.165) is 17.2 Å². The van der Waals surface area contributed by atoms with Crippen LogP contribution in [0.25, 0.3) is 0 Å². The number of hydrazine groups is 1. The number of thiophene rings is 1. The van der Waals surface area contributed by atoms with Gasteiger partial charge in [-0.25, -0.2) is 0 Å². The van der Waals surface area contributed by atoms with E-state index in [-0.39, 0.29) is 6.04 Å². The SMILES string of the molecule is CCc1ccc(C(Cc2ccc(Cl)s2)NN)cc1. The Hall–Kier alpha value is -0.870. The van der Waals surface area contributed by atoms with Gasteiger partial charge in [-0.05, 0) is 29.7 Å². The largest absolute Gasteiger partial charge is 0.271 e. The second-order valence-electron chi connectivity index (χ2n) is 4.22. The van der Waals surface area contributed by atoms with Crippen LogP contribution in [0.15, 0.2) is 36.4 Å². The normalized spacial score (nSPS) is 12.6. The summed E-state index contributed by atoms with van der Waals surface area (Å²) in [5.74, 6) is 5.65. The van der Waals surface area contributed by atoms with Gasteiger partial charge in [-0.3, -0.25) is 11.3 Å². The van der Waals surface area contributed by atoms with Gasteiger partial charge in [0.2, 0.25) is 0 Å². The first kappa shape index (κ1) is 13.6. The van der Waals surface area contributed by atoms with Gasteiger partial charge in [-0.15, -0.1) is 11.3 Å². The fourth-order valence-corrected chi connectivity index (χ4v) is 3.05. The second-order valence-corrected chi connectivity index (χ2v) is 6.02. The van der Waals surface area contributed by atoms with Gasteiger partial charge >= 0.3 is 0 Å². The zero-order valence-corrected chi connectivity index (χ0v) is 11.9. The third-order valence-electron chi connectivity index (χ3n) is 3.03. The lowest BCUT2D eigenvalue weighted by atomic mass is 10.0. The number of nitrogens with one attached hydrogen (secondary N) is 1. The van der Waals surface area contributed by atoms with Gasteiger partial charge in [0.05, 0.1) is 10.4 Å². The highest BCUT2D eigenvalue weighted by atomic mass is 35.5. The first-order valence-electron chi connectivity index (χ1n) is 6.02. The summed E-state index contributed by atoms with van der Waals surface area (Å²) >= 11 is 7.54. The molecule has 1 unspecified atom stereocenters. The van der Waals surface area contributed by atoms with Crippen LogP contribution in [0.4, 0.5) is 0 Å². The lowest BCUT2D eigenvalue weighted by molar-refractivity contribution is 0.555. The Morgan fingerprint density at radius 1 is 1.22 bits per heavy atom. The van der Waals surface area contributed by atoms with Crippen LogP contribution in [0.3, 0.4) is 0 Å². The molecule has 0 aliphatic heterocycles. The summed E-state index contributed by atoms with van der Waals surface area (Å²) in [6.07, 6.45) is 1.92. The van der Waals surface area contributed by atoms with E-state index >= 15 is 0 Å². The molecule has 1 aromatic heterocycles. The van der Waals surface area contributed by atoms with E-state index in [1.165, 1.54) is 16.0 Å². The van der Waals surface area contributed by atoms with E-state index in [9.17, 15) is 0 Å². The summed E-state index contributed by atoms with van der Waals surface area (Å²) in [4.78, 5) is 1.24. The van der Waals surface area contributed by atoms with Gasteiger partial charge in [0.15, 0.2) is 0 Å². The lowest BCUT2D eigenvalue weighted by Crippen LogP contribution is -2.29. The molecule has 0 amide bonds. The Morgan fingerprint density at radius 3 is 2.44 bits per heavy atom. The molecule has 2 nitrogen and oxygen atoms in total. The molecule has 0 saturated heterocycles. The van der Waals surface area contributed by atoms with Crippen LogP contribution in [-0.2, 0) is 12.8 Å². The summed E-state index contributed by atoms with van der Waals surface area (Å²) < 4.78 is 0.821. The van der Waals surface area contributed by atoms with E-state index in [0.29, 0.717) is 0 Å². The highest BCUT2D eigenvalue weighted by Gasteiger charge is 2.11. The molecule has 18 heavy (non-hydrogen) atoms. The molecule has 0 spiro atoms. The maximum Gasteiger partial charge on any atom is 0.0931 e. The van der Waals surface area contributed by atoms with Crippen molar-refractivity contribution in [3.8, 4) is 0 Å². The van der Waals surface area contributed by atoms with E-state index in [2.05, 4.69) is 42.7 Å². The standard InChI is InChI=1S/C14H17ClN2S/c1-2-10-3-5-11(6-4-10)13(17-16)9-12-7-8-14(15)18-12/h3-8,13,17H,2,9,16H2,1H3. The summed E-state index contributed by atoms with van der Waals surface area (Å²) in [7, 11) is 0. The zero-order valence-electron chi connectivity index (χ0n) is 10.3. The lowest BCUT2D eigenvalue weighted by Gasteiger charge is -2.15. The van der Waals surface area contributed by atoms with E-state index in [4.69, 9.17) is 17.4 Å². The highest BCUT2D eigenvalue weighted by Crippen LogP contribution is 2.26. The first-order valence-corrected chi connectivity index (χ1v) is 7.21. The first-order chi connectivity index (χ1) is 8.72. The molecule has 2 rings (SSSR count). The van der Waals surface area contributed by atoms with E-state index in [1.807, 2.05) is 6.07 Å². The predicted octanol–water partition coefficient (Wildman–Crippen LogP) is 3.71. The molecule has 0 radical (unpaired) electrons. The van der Waals surface area contributed by atoms with Crippen LogP contribution in [-0.4, -0.2) is 0 Å². The molecule has 4 heteroatoms. The third kappa shape index (κ3) is 3.33. The quantitative estimate of drug-likeness (QED) is 0.647. The monoisotopic (exact) mass is 280 g/mol. The Balaban J connectivity index is 2.12. The van der Waals surface area contributed by atoms with E-state index < -0.39 is 0 Å². The molecule has 0 aliphatic carbocycles. The van der Waals surface area contributed by atoms with Gasteiger partial charge in [0.25, 0.3) is 0 Å². The summed E-state index contributed by atoms with van der Waals surface area (Å²) in [5, 5.41) is 0. The molecule has 0 bridgehead atoms. The minimum absolute atomic E-state index is 0.130. The van der Waals surface area contributed by atoms with E-state index in [1.54, 1.807) is 11.3 Å². The van der Waals surface area contributed by atoms with Gasteiger partial charge in [0.1, 0.15) is 0 Å². The summed E-state index contributed by atoms with van der Waals surface area (Å²) in [5.41, 5.74) is 5.43. The van der Waals surface area contributed by atoms with Crippen molar-refractivity contribution in [1.82, 2.24) is 5.43 Å². The topological polar surface area (TPSA) is 38.0 Å². The maximum atomic E-state index is 5.94. The fraction of sp³-hybridized carbons (Fsp3) is 0.286. The fourth-order valence-electron chi connectivity index (χ4n) is 1.92. The predicted molar refractivity (Wildman–Crippen MR) is 78.9 cm³/mol. The molecule has 0 fully saturated rings. The van der Waals surface area contributed by atoms with Gasteiger partial charge in [-0.2, -0.15) is 0 Å². The molecule has 96 valence electrons. The molecular weight excluding hydrogens is 264 g/mol. The zero-order chi connectivity index (χ0) is 13.0. The van der Waals surface area contributed by atoms with Crippen molar-refractivity contribution in [2.75, 3.05) is 0 Å². The van der Waals surface area contributed by atoms with Crippen molar-refractivity contribution < 1.29 is 0 Å². The summed E-state index contributed by atoms with van der Waals surface area (Å²) in [6, 6.07) is 12.7. The summed E-state index contributed by atoms with van der Waals surface area (Å²) in [6.45, 7) is 2.15. The minimum Gasteiger partial charge on any atom is -0.271 e. The van der Waals surface area contributed by atoms with Crippen molar-refractivity contribution in [2.45, 2.75) is 25.8 Å². The molecule has 1 atom stereocenters. The van der Waals surface area contributed by atoms with Crippen LogP contribution < -0.4 is 11.3 Å². The van der Waals surface area contributed by atoms with Crippen LogP contribution in [0, 0.1) is 0 Å². The van der Waals surface area contributed by atoms with Crippen molar-refractivity contribution in [2.24, 2.45) is 5.84 Å². The van der Waals surface area contributed by atoms with Crippen LogP contribution in [0.5, 0.6) is 0 Å². The number of nitrogens with two attached hydrogens (primary N) is 1. The Labute approximate surface area is 117 Å². The maximum absolute atomic E-state index is 5.94. The van der Waals surface area contributed by atoms with Crippen LogP contribution in [0.1, 0.15) is 29.0 Å². The molecule has 0 aliphatic rings. The Kier molecular flexibility index (Phi) is 4.78. The highest BCUT2D eigenvalue weighted by molar-refractivity contribution is 7.16. The molecule has 1 aromatic carbocycles. The van der Waals surface area contributed by atoms with Crippen molar-refractivity contribution in [1.29, 1.82) is 0 Å². The molecule has 2 aromatic rings. The molecule has 1 heterocycles. The molecule has 3 N–H and O–H groups in total. The number of hydrogen-bond acceptors (Lipinski definition) is 3. The number of benzene rings is 1. The van der Waals surface area contributed by atoms with Gasteiger partial charge < -0.3 is 0 Å². The van der Waals surface area contributed by atoms with Crippen LogP contribution in [0.2, 0.25) is 4.34 Å². The van der Waals surface area contributed by atoms with Gasteiger partial charge in [0, 0.05) is 11.3 Å². The molecule has 0 saturated carbocycles. The number of aryl methyl sites for hydroxylation is 1. The number of halogens is 1. The Bertz CT molecular complexity index is 493. The Morgan fingerprint density at radius 2 is 1.94 bits per heavy atom.